The van der Waals surface area contributed by atoms with Gasteiger partial charge in [0.2, 0.25) is 11.8 Å². The minimum Gasteiger partial charge on any atom is -0.493 e. The van der Waals surface area contributed by atoms with Crippen LogP contribution in [0.5, 0.6) is 5.75 Å². The van der Waals surface area contributed by atoms with E-state index in [1.807, 2.05) is 36.1 Å². The number of aryl methyl sites for hydroxylation is 1. The summed E-state index contributed by atoms with van der Waals surface area (Å²) in [6, 6.07) is 7.92. The first kappa shape index (κ1) is 19.0. The third kappa shape index (κ3) is 4.37. The van der Waals surface area contributed by atoms with Gasteiger partial charge >= 0.3 is 0 Å². The van der Waals surface area contributed by atoms with Crippen LogP contribution in [-0.2, 0) is 11.2 Å². The largest absolute Gasteiger partial charge is 0.493 e. The lowest BCUT2D eigenvalue weighted by Gasteiger charge is -2.29. The summed E-state index contributed by atoms with van der Waals surface area (Å²) < 4.78 is 11.3. The van der Waals surface area contributed by atoms with E-state index < -0.39 is 0 Å². The Morgan fingerprint density at radius 2 is 2.07 bits per heavy atom. The SMILES string of the molecule is Cc1cccc(OCCc2noc(C3CCCN3C(=O)C3CCCCC3)n2)c1. The second-order valence-electron chi connectivity index (χ2n) is 7.99. The van der Waals surface area contributed by atoms with Crippen LogP contribution in [0.15, 0.2) is 28.8 Å². The summed E-state index contributed by atoms with van der Waals surface area (Å²) in [5.41, 5.74) is 1.17. The van der Waals surface area contributed by atoms with E-state index in [1.165, 1.54) is 24.8 Å². The quantitative estimate of drug-likeness (QED) is 0.746. The van der Waals surface area contributed by atoms with Gasteiger partial charge in [-0.25, -0.2) is 0 Å². The van der Waals surface area contributed by atoms with Crippen LogP contribution in [0.4, 0.5) is 0 Å². The van der Waals surface area contributed by atoms with Crippen molar-refractivity contribution in [1.82, 2.24) is 15.0 Å². The van der Waals surface area contributed by atoms with Gasteiger partial charge in [0.25, 0.3) is 0 Å². The summed E-state index contributed by atoms with van der Waals surface area (Å²) in [6.45, 7) is 3.34. The van der Waals surface area contributed by atoms with E-state index in [0.29, 0.717) is 24.7 Å². The number of benzene rings is 1. The number of carbonyl (C=O) groups excluding carboxylic acids is 1. The smallest absolute Gasteiger partial charge is 0.249 e. The molecule has 0 spiro atoms. The molecule has 2 heterocycles. The molecular weight excluding hydrogens is 354 g/mol. The molecule has 1 atom stereocenters. The van der Waals surface area contributed by atoms with E-state index >= 15 is 0 Å². The summed E-state index contributed by atoms with van der Waals surface area (Å²) in [4.78, 5) is 19.5. The molecule has 0 bridgehead atoms. The Balaban J connectivity index is 1.34. The second kappa shape index (κ2) is 8.76. The molecule has 1 saturated heterocycles. The van der Waals surface area contributed by atoms with E-state index in [4.69, 9.17) is 9.26 Å². The highest BCUT2D eigenvalue weighted by Crippen LogP contribution is 2.35. The highest BCUT2D eigenvalue weighted by Gasteiger charge is 2.37. The van der Waals surface area contributed by atoms with Crippen LogP contribution in [0.1, 0.15) is 68.3 Å². The molecule has 2 aliphatic rings. The maximum absolute atomic E-state index is 13.0. The lowest BCUT2D eigenvalue weighted by molar-refractivity contribution is -0.138. The molecule has 0 N–H and O–H groups in total. The van der Waals surface area contributed by atoms with Crippen molar-refractivity contribution < 1.29 is 14.1 Å². The highest BCUT2D eigenvalue weighted by atomic mass is 16.5. The molecule has 6 nitrogen and oxygen atoms in total. The fourth-order valence-electron chi connectivity index (χ4n) is 4.34. The third-order valence-electron chi connectivity index (χ3n) is 5.84. The van der Waals surface area contributed by atoms with Crippen LogP contribution >= 0.6 is 0 Å². The van der Waals surface area contributed by atoms with Gasteiger partial charge in [0, 0.05) is 18.9 Å². The molecule has 2 aromatic rings. The summed E-state index contributed by atoms with van der Waals surface area (Å²) >= 11 is 0. The number of carbonyl (C=O) groups is 1. The van der Waals surface area contributed by atoms with Crippen molar-refractivity contribution in [2.75, 3.05) is 13.2 Å². The van der Waals surface area contributed by atoms with Crippen molar-refractivity contribution in [2.24, 2.45) is 5.92 Å². The van der Waals surface area contributed by atoms with Gasteiger partial charge in [0.1, 0.15) is 11.8 Å². The molecular formula is C22H29N3O3. The Morgan fingerprint density at radius 3 is 2.89 bits per heavy atom. The maximum Gasteiger partial charge on any atom is 0.249 e. The van der Waals surface area contributed by atoms with Gasteiger partial charge in [0.15, 0.2) is 5.82 Å². The van der Waals surface area contributed by atoms with Gasteiger partial charge in [-0.15, -0.1) is 0 Å². The molecule has 1 aliphatic carbocycles. The van der Waals surface area contributed by atoms with Crippen LogP contribution in [-0.4, -0.2) is 34.1 Å². The van der Waals surface area contributed by atoms with Crippen molar-refractivity contribution in [3.05, 3.63) is 41.5 Å². The monoisotopic (exact) mass is 383 g/mol. The molecule has 4 rings (SSSR count). The standard InChI is InChI=1S/C22H29N3O3/c1-16-7-5-10-18(15-16)27-14-12-20-23-21(28-24-20)19-11-6-13-25(19)22(26)17-8-3-2-4-9-17/h5,7,10,15,17,19H,2-4,6,8-9,11-14H2,1H3. The molecule has 1 saturated carbocycles. The minimum absolute atomic E-state index is 0.0617. The molecule has 6 heteroatoms. The van der Waals surface area contributed by atoms with E-state index in [9.17, 15) is 4.79 Å². The van der Waals surface area contributed by atoms with E-state index in [0.717, 1.165) is 38.0 Å². The van der Waals surface area contributed by atoms with Crippen LogP contribution < -0.4 is 4.74 Å². The first-order valence-electron chi connectivity index (χ1n) is 10.5. The Hall–Kier alpha value is -2.37. The Labute approximate surface area is 166 Å². The average molecular weight is 383 g/mol. The number of hydrogen-bond donors (Lipinski definition) is 0. The van der Waals surface area contributed by atoms with Gasteiger partial charge in [-0.1, -0.05) is 36.6 Å². The highest BCUT2D eigenvalue weighted by molar-refractivity contribution is 5.79. The number of hydrogen-bond acceptors (Lipinski definition) is 5. The normalized spacial score (nSPS) is 20.5. The van der Waals surface area contributed by atoms with E-state index in [1.54, 1.807) is 0 Å². The predicted octanol–water partition coefficient (Wildman–Crippen LogP) is 4.24. The zero-order valence-corrected chi connectivity index (χ0v) is 16.6. The van der Waals surface area contributed by atoms with E-state index in [2.05, 4.69) is 10.1 Å². The summed E-state index contributed by atoms with van der Waals surface area (Å²) in [7, 11) is 0. The van der Waals surface area contributed by atoms with Crippen LogP contribution in [0.2, 0.25) is 0 Å². The maximum atomic E-state index is 13.0. The Bertz CT molecular complexity index is 798. The molecule has 1 aromatic heterocycles. The number of aromatic nitrogens is 2. The fraction of sp³-hybridized carbons (Fsp3) is 0.591. The molecule has 1 aromatic carbocycles. The summed E-state index contributed by atoms with van der Waals surface area (Å²) in [6.07, 6.45) is 8.12. The molecule has 2 fully saturated rings. The van der Waals surface area contributed by atoms with Gasteiger partial charge < -0.3 is 14.2 Å². The predicted molar refractivity (Wildman–Crippen MR) is 105 cm³/mol. The zero-order valence-electron chi connectivity index (χ0n) is 16.6. The first-order valence-corrected chi connectivity index (χ1v) is 10.5. The molecule has 0 radical (unpaired) electrons. The number of ether oxygens (including phenoxy) is 1. The van der Waals surface area contributed by atoms with Crippen molar-refractivity contribution >= 4 is 5.91 Å². The molecule has 1 aliphatic heterocycles. The average Bonchev–Trinajstić information content (AvgIpc) is 3.37. The lowest BCUT2D eigenvalue weighted by Crippen LogP contribution is -2.36. The van der Waals surface area contributed by atoms with Crippen molar-refractivity contribution in [1.29, 1.82) is 0 Å². The van der Waals surface area contributed by atoms with Gasteiger partial charge in [0.05, 0.1) is 6.61 Å². The molecule has 28 heavy (non-hydrogen) atoms. The van der Waals surface area contributed by atoms with Crippen molar-refractivity contribution in [2.45, 2.75) is 64.3 Å². The lowest BCUT2D eigenvalue weighted by atomic mass is 9.88. The first-order chi connectivity index (χ1) is 13.7. The van der Waals surface area contributed by atoms with Crippen LogP contribution in [0, 0.1) is 12.8 Å². The molecule has 150 valence electrons. The van der Waals surface area contributed by atoms with Gasteiger partial charge in [-0.05, 0) is 50.3 Å². The second-order valence-corrected chi connectivity index (χ2v) is 7.99. The summed E-state index contributed by atoms with van der Waals surface area (Å²) in [5, 5.41) is 4.11. The Morgan fingerprint density at radius 1 is 1.21 bits per heavy atom. The topological polar surface area (TPSA) is 68.5 Å². The summed E-state index contributed by atoms with van der Waals surface area (Å²) in [5.74, 6) is 2.53. The van der Waals surface area contributed by atoms with Crippen molar-refractivity contribution in [3.63, 3.8) is 0 Å². The van der Waals surface area contributed by atoms with Crippen LogP contribution in [0.25, 0.3) is 0 Å². The third-order valence-corrected chi connectivity index (χ3v) is 5.84. The fourth-order valence-corrected chi connectivity index (χ4v) is 4.34. The number of rotatable bonds is 6. The number of likely N-dealkylation sites (tertiary alicyclic amines) is 1. The zero-order chi connectivity index (χ0) is 19.3. The number of nitrogens with zero attached hydrogens (tertiary/aromatic N) is 3. The van der Waals surface area contributed by atoms with E-state index in [-0.39, 0.29) is 17.9 Å². The molecule has 1 unspecified atom stereocenters. The van der Waals surface area contributed by atoms with Gasteiger partial charge in [-0.3, -0.25) is 4.79 Å². The van der Waals surface area contributed by atoms with Crippen LogP contribution in [0.3, 0.4) is 0 Å². The van der Waals surface area contributed by atoms with Crippen molar-refractivity contribution in [3.8, 4) is 5.75 Å². The Kier molecular flexibility index (Phi) is 5.93. The molecule has 1 amide bonds. The number of amides is 1. The minimum atomic E-state index is -0.0617. The van der Waals surface area contributed by atoms with Gasteiger partial charge in [-0.2, -0.15) is 4.98 Å².